The predicted octanol–water partition coefficient (Wildman–Crippen LogP) is 3.40. The molecule has 0 saturated carbocycles. The summed E-state index contributed by atoms with van der Waals surface area (Å²) in [6, 6.07) is 15.6. The minimum Gasteiger partial charge on any atom is -0.413 e. The van der Waals surface area contributed by atoms with Crippen LogP contribution in [0, 0.1) is 0 Å². The van der Waals surface area contributed by atoms with Gasteiger partial charge in [-0.3, -0.25) is 4.90 Å². The first-order valence-electron chi connectivity index (χ1n) is 10.9. The summed E-state index contributed by atoms with van der Waals surface area (Å²) in [6.07, 6.45) is -3.09. The number of nitrogens with zero attached hydrogens (tertiary/aromatic N) is 5. The largest absolute Gasteiger partial charge is 0.470 e. The van der Waals surface area contributed by atoms with Gasteiger partial charge in [0.1, 0.15) is 0 Å². The molecule has 2 aromatic carbocycles. The van der Waals surface area contributed by atoms with E-state index in [1.165, 1.54) is 0 Å². The number of halogens is 3. The minimum atomic E-state index is -4.71. The van der Waals surface area contributed by atoms with Gasteiger partial charge in [-0.25, -0.2) is 13.3 Å². The van der Waals surface area contributed by atoms with Crippen molar-refractivity contribution in [3.63, 3.8) is 0 Å². The Hall–Kier alpha value is -3.29. The highest BCUT2D eigenvalue weighted by Crippen LogP contribution is 2.30. The summed E-state index contributed by atoms with van der Waals surface area (Å²) in [5.41, 5.74) is 1.82. The van der Waals surface area contributed by atoms with Gasteiger partial charge in [-0.1, -0.05) is 30.3 Å². The number of aromatic nitrogens is 2. The van der Waals surface area contributed by atoms with Crippen LogP contribution in [0.2, 0.25) is 0 Å². The summed E-state index contributed by atoms with van der Waals surface area (Å²) in [4.78, 5) is 16.7. The Balaban J connectivity index is 0.00000176. The fourth-order valence-corrected chi connectivity index (χ4v) is 4.25. The van der Waals surface area contributed by atoms with E-state index < -0.39 is 23.1 Å². The molecule has 3 aromatic rings. The molecule has 9 nitrogen and oxygen atoms in total. The van der Waals surface area contributed by atoms with Crippen LogP contribution in [0.5, 0.6) is 0 Å². The Kier molecular flexibility index (Phi) is 9.18. The molecule has 1 saturated heterocycles. The van der Waals surface area contributed by atoms with Crippen LogP contribution >= 0.6 is 0 Å². The molecule has 1 fully saturated rings. The van der Waals surface area contributed by atoms with Crippen LogP contribution in [-0.4, -0.2) is 74.3 Å². The number of aliphatic hydroxyl groups excluding tert-OH is 1. The quantitative estimate of drug-likeness (QED) is 0.548. The van der Waals surface area contributed by atoms with E-state index in [4.69, 9.17) is 9.52 Å². The van der Waals surface area contributed by atoms with Crippen molar-refractivity contribution in [1.82, 2.24) is 19.4 Å². The number of amides is 2. The van der Waals surface area contributed by atoms with Crippen molar-refractivity contribution in [2.45, 2.75) is 12.7 Å². The molecular formula is C23H26F3N5O4S. The minimum absolute atomic E-state index is 0.177. The van der Waals surface area contributed by atoms with Crippen molar-refractivity contribution < 1.29 is 31.7 Å². The van der Waals surface area contributed by atoms with Gasteiger partial charge in [0.25, 0.3) is 0 Å². The topological polar surface area (TPSA) is 103 Å². The molecule has 1 atom stereocenters. The van der Waals surface area contributed by atoms with Gasteiger partial charge in [0, 0.05) is 50.8 Å². The maximum Gasteiger partial charge on any atom is 0.470 e. The summed E-state index contributed by atoms with van der Waals surface area (Å²) < 4.78 is 56.4. The predicted molar refractivity (Wildman–Crippen MR) is 128 cm³/mol. The van der Waals surface area contributed by atoms with E-state index in [0.717, 1.165) is 12.7 Å². The number of hydrogen-bond acceptors (Lipinski definition) is 6. The molecule has 194 valence electrons. The zero-order valence-electron chi connectivity index (χ0n) is 19.7. The summed E-state index contributed by atoms with van der Waals surface area (Å²) >= 11 is 0. The molecule has 0 radical (unpaired) electrons. The van der Waals surface area contributed by atoms with Crippen molar-refractivity contribution in [3.8, 4) is 11.5 Å². The number of aliphatic hydroxyl groups is 1. The lowest BCUT2D eigenvalue weighted by Gasteiger charge is -2.36. The molecule has 1 aromatic heterocycles. The van der Waals surface area contributed by atoms with Crippen LogP contribution in [0.1, 0.15) is 11.5 Å². The molecule has 0 spiro atoms. The van der Waals surface area contributed by atoms with E-state index >= 15 is 0 Å². The van der Waals surface area contributed by atoms with Crippen molar-refractivity contribution in [2.24, 2.45) is 0 Å². The first-order chi connectivity index (χ1) is 17.2. The lowest BCUT2D eigenvalue weighted by Crippen LogP contribution is -2.53. The number of benzene rings is 2. The molecule has 36 heavy (non-hydrogen) atoms. The summed E-state index contributed by atoms with van der Waals surface area (Å²) in [6.45, 7) is 2.21. The van der Waals surface area contributed by atoms with Gasteiger partial charge in [-0.2, -0.15) is 13.2 Å². The number of piperazine rings is 1. The Morgan fingerprint density at radius 2 is 1.64 bits per heavy atom. The molecule has 1 aliphatic rings. The lowest BCUT2D eigenvalue weighted by atomic mass is 10.1. The summed E-state index contributed by atoms with van der Waals surface area (Å²) in [5, 5.41) is 13.5. The van der Waals surface area contributed by atoms with Crippen molar-refractivity contribution >= 4 is 22.7 Å². The van der Waals surface area contributed by atoms with E-state index in [2.05, 4.69) is 10.2 Å². The third-order valence-electron chi connectivity index (χ3n) is 5.38. The van der Waals surface area contributed by atoms with E-state index in [1.807, 2.05) is 34.6 Å². The molecule has 2 amide bonds. The zero-order valence-corrected chi connectivity index (χ0v) is 20.5. The second-order valence-electron chi connectivity index (χ2n) is 7.65. The molecule has 0 aliphatic carbocycles. The van der Waals surface area contributed by atoms with Crippen LogP contribution in [0.15, 0.2) is 59.0 Å². The molecule has 13 heteroatoms. The monoisotopic (exact) mass is 525 g/mol. The molecule has 4 rings (SSSR count). The number of carbonyl (C=O) groups is 1. The first-order valence-corrected chi connectivity index (χ1v) is 12.4. The number of alkyl halides is 3. The molecular weight excluding hydrogens is 499 g/mol. The van der Waals surface area contributed by atoms with E-state index in [1.54, 1.807) is 40.3 Å². The zero-order chi connectivity index (χ0) is 26.3. The fourth-order valence-electron chi connectivity index (χ4n) is 3.57. The van der Waals surface area contributed by atoms with E-state index in [-0.39, 0.29) is 18.5 Å². The normalized spacial score (nSPS) is 15.1. The van der Waals surface area contributed by atoms with Crippen LogP contribution in [-0.2, 0) is 23.7 Å². The highest BCUT2D eigenvalue weighted by atomic mass is 32.2. The maximum absolute atomic E-state index is 13.4. The van der Waals surface area contributed by atoms with Crippen LogP contribution in [0.3, 0.4) is 0 Å². The van der Waals surface area contributed by atoms with E-state index in [9.17, 15) is 22.2 Å². The number of carbonyl (C=O) groups excluding carboxylic acids is 1. The Morgan fingerprint density at radius 1 is 1.03 bits per heavy atom. The number of urea groups is 1. The standard InChI is InChI=1S/C22H22F3N5O3S.CH4O/c1-34(32)29-13-11-28(12-14-29)21(31)30(18-5-3-2-4-6-18)15-16-7-9-17(10-8-16)19-26-27-20(33-19)22(23,24)25;1-2/h2-10H,11-15H2,1H3;2H,1H3. The van der Waals surface area contributed by atoms with E-state index in [0.29, 0.717) is 37.4 Å². The highest BCUT2D eigenvalue weighted by molar-refractivity contribution is 7.81. The third kappa shape index (κ3) is 6.68. The highest BCUT2D eigenvalue weighted by Gasteiger charge is 2.38. The Morgan fingerprint density at radius 3 is 2.17 bits per heavy atom. The first kappa shape index (κ1) is 27.3. The number of anilines is 1. The average Bonchev–Trinajstić information content (AvgIpc) is 3.40. The second kappa shape index (κ2) is 12.1. The third-order valence-corrected chi connectivity index (χ3v) is 6.47. The Bertz CT molecular complexity index is 1150. The molecule has 0 bridgehead atoms. The van der Waals surface area contributed by atoms with Gasteiger partial charge >= 0.3 is 18.1 Å². The van der Waals surface area contributed by atoms with Gasteiger partial charge < -0.3 is 14.4 Å². The number of hydrogen-bond donors (Lipinski definition) is 1. The summed E-state index contributed by atoms with van der Waals surface area (Å²) in [7, 11) is -0.0779. The van der Waals surface area contributed by atoms with Crippen LogP contribution < -0.4 is 4.90 Å². The van der Waals surface area contributed by atoms with Gasteiger partial charge in [0.2, 0.25) is 5.89 Å². The number of para-hydroxylation sites is 1. The van der Waals surface area contributed by atoms with Gasteiger partial charge in [0.05, 0.1) is 17.5 Å². The molecule has 1 aliphatic heterocycles. The van der Waals surface area contributed by atoms with Gasteiger partial charge in [0.15, 0.2) is 0 Å². The Labute approximate surface area is 208 Å². The summed E-state index contributed by atoms with van der Waals surface area (Å²) in [5.74, 6) is -1.64. The van der Waals surface area contributed by atoms with Crippen LogP contribution in [0.25, 0.3) is 11.5 Å². The fraction of sp³-hybridized carbons (Fsp3) is 0.348. The van der Waals surface area contributed by atoms with Gasteiger partial charge in [-0.05, 0) is 29.8 Å². The molecule has 1 unspecified atom stereocenters. The van der Waals surface area contributed by atoms with Crippen molar-refractivity contribution in [1.29, 1.82) is 0 Å². The molecule has 1 N–H and O–H groups in total. The molecule has 2 heterocycles. The van der Waals surface area contributed by atoms with Crippen molar-refractivity contribution in [3.05, 3.63) is 66.1 Å². The van der Waals surface area contributed by atoms with Crippen molar-refractivity contribution in [2.75, 3.05) is 44.4 Å². The van der Waals surface area contributed by atoms with Gasteiger partial charge in [-0.15, -0.1) is 10.2 Å². The smallest absolute Gasteiger partial charge is 0.413 e. The van der Waals surface area contributed by atoms with Crippen LogP contribution in [0.4, 0.5) is 23.7 Å². The second-order valence-corrected chi connectivity index (χ2v) is 9.02. The maximum atomic E-state index is 13.4. The average molecular weight is 526 g/mol. The number of rotatable bonds is 5. The lowest BCUT2D eigenvalue weighted by molar-refractivity contribution is -0.156. The SMILES string of the molecule is CO.CS(=O)N1CCN(C(=O)N(Cc2ccc(-c3nnc(C(F)(F)F)o3)cc2)c2ccccc2)CC1.